The van der Waals surface area contributed by atoms with Gasteiger partial charge in [-0.1, -0.05) is 12.1 Å². The number of benzene rings is 1. The fraction of sp³-hybridized carbons (Fsp3) is 0.278. The number of amides is 1. The van der Waals surface area contributed by atoms with Gasteiger partial charge >= 0.3 is 0 Å². The molecule has 0 bridgehead atoms. The molecule has 0 aliphatic heterocycles. The van der Waals surface area contributed by atoms with E-state index in [2.05, 4.69) is 16.1 Å². The predicted molar refractivity (Wildman–Crippen MR) is 89.7 cm³/mol. The molecule has 5 nitrogen and oxygen atoms in total. The Balaban J connectivity index is 1.61. The molecule has 0 aliphatic rings. The topological polar surface area (TPSA) is 51.0 Å². The van der Waals surface area contributed by atoms with E-state index in [0.29, 0.717) is 19.4 Å². The number of carbonyl (C=O) groups excluding carboxylic acids is 1. The average Bonchev–Trinajstić information content (AvgIpc) is 2.97. The molecule has 0 atom stereocenters. The number of rotatable bonds is 5. The van der Waals surface area contributed by atoms with Crippen molar-refractivity contribution < 1.29 is 4.79 Å². The fourth-order valence-electron chi connectivity index (χ4n) is 2.66. The molecule has 5 heteroatoms. The van der Waals surface area contributed by atoms with Gasteiger partial charge in [0.25, 0.3) is 0 Å². The van der Waals surface area contributed by atoms with Crippen molar-refractivity contribution in [2.24, 2.45) is 7.05 Å². The van der Waals surface area contributed by atoms with Crippen LogP contribution in [0, 0.1) is 0 Å². The van der Waals surface area contributed by atoms with E-state index < -0.39 is 0 Å². The number of aryl methyl sites for hydroxylation is 2. The minimum atomic E-state index is 0.137. The summed E-state index contributed by atoms with van der Waals surface area (Å²) in [7, 11) is 3.74. The number of aromatic nitrogens is 3. The summed E-state index contributed by atoms with van der Waals surface area (Å²) in [6.07, 6.45) is 4.75. The zero-order chi connectivity index (χ0) is 16.2. The van der Waals surface area contributed by atoms with Gasteiger partial charge in [-0.25, -0.2) is 0 Å². The molecule has 0 unspecified atom stereocenters. The van der Waals surface area contributed by atoms with E-state index in [-0.39, 0.29) is 5.91 Å². The lowest BCUT2D eigenvalue weighted by Crippen LogP contribution is -2.26. The highest BCUT2D eigenvalue weighted by molar-refractivity contribution is 5.79. The molecule has 0 saturated heterocycles. The van der Waals surface area contributed by atoms with Crippen LogP contribution in [-0.2, 0) is 24.8 Å². The highest BCUT2D eigenvalue weighted by atomic mass is 16.2. The first kappa shape index (κ1) is 15.2. The van der Waals surface area contributed by atoms with Gasteiger partial charge in [0.15, 0.2) is 0 Å². The van der Waals surface area contributed by atoms with E-state index in [9.17, 15) is 4.79 Å². The Morgan fingerprint density at radius 2 is 2.09 bits per heavy atom. The van der Waals surface area contributed by atoms with Gasteiger partial charge in [-0.3, -0.25) is 14.5 Å². The van der Waals surface area contributed by atoms with Gasteiger partial charge in [0.05, 0.1) is 5.52 Å². The van der Waals surface area contributed by atoms with Crippen LogP contribution in [0.4, 0.5) is 0 Å². The van der Waals surface area contributed by atoms with Crippen LogP contribution in [0.15, 0.2) is 48.8 Å². The van der Waals surface area contributed by atoms with Gasteiger partial charge in [-0.15, -0.1) is 0 Å². The van der Waals surface area contributed by atoms with Gasteiger partial charge < -0.3 is 4.90 Å². The van der Waals surface area contributed by atoms with Crippen LogP contribution < -0.4 is 0 Å². The van der Waals surface area contributed by atoms with Crippen LogP contribution in [0.2, 0.25) is 0 Å². The van der Waals surface area contributed by atoms with Crippen LogP contribution in [0.25, 0.3) is 10.9 Å². The third-order valence-corrected chi connectivity index (χ3v) is 4.03. The van der Waals surface area contributed by atoms with Crippen LogP contribution >= 0.6 is 0 Å². The second-order valence-corrected chi connectivity index (χ2v) is 5.73. The smallest absolute Gasteiger partial charge is 0.223 e. The number of hydrogen-bond donors (Lipinski definition) is 0. The molecule has 0 fully saturated rings. The predicted octanol–water partition coefficient (Wildman–Crippen LogP) is 2.56. The van der Waals surface area contributed by atoms with Crippen molar-refractivity contribution >= 4 is 16.8 Å². The van der Waals surface area contributed by atoms with E-state index in [1.807, 2.05) is 49.1 Å². The second kappa shape index (κ2) is 6.60. The zero-order valence-corrected chi connectivity index (χ0v) is 13.4. The maximum absolute atomic E-state index is 12.3. The molecule has 3 aromatic rings. The lowest BCUT2D eigenvalue weighted by Gasteiger charge is -2.17. The fourth-order valence-corrected chi connectivity index (χ4v) is 2.66. The normalized spacial score (nSPS) is 10.9. The quantitative estimate of drug-likeness (QED) is 0.728. The summed E-state index contributed by atoms with van der Waals surface area (Å²) in [5.41, 5.74) is 3.16. The average molecular weight is 308 g/mol. The summed E-state index contributed by atoms with van der Waals surface area (Å²) >= 11 is 0. The minimum absolute atomic E-state index is 0.137. The van der Waals surface area contributed by atoms with Crippen molar-refractivity contribution in [3.05, 3.63) is 60.0 Å². The van der Waals surface area contributed by atoms with E-state index in [0.717, 1.165) is 22.2 Å². The molecule has 1 aromatic carbocycles. The molecule has 2 aromatic heterocycles. The number of fused-ring (bicyclic) bond motifs is 1. The Morgan fingerprint density at radius 1 is 1.22 bits per heavy atom. The summed E-state index contributed by atoms with van der Waals surface area (Å²) in [5, 5.41) is 5.22. The first-order chi connectivity index (χ1) is 11.1. The van der Waals surface area contributed by atoms with Crippen LogP contribution in [0.3, 0.4) is 0 Å². The minimum Gasteiger partial charge on any atom is -0.341 e. The van der Waals surface area contributed by atoms with Gasteiger partial charge in [0, 0.05) is 50.5 Å². The van der Waals surface area contributed by atoms with Gasteiger partial charge in [-0.2, -0.15) is 5.10 Å². The van der Waals surface area contributed by atoms with Crippen molar-refractivity contribution in [3.8, 4) is 0 Å². The summed E-state index contributed by atoms with van der Waals surface area (Å²) in [5.74, 6) is 0.137. The van der Waals surface area contributed by atoms with E-state index in [1.54, 1.807) is 17.3 Å². The summed E-state index contributed by atoms with van der Waals surface area (Å²) < 4.78 is 1.81. The highest BCUT2D eigenvalue weighted by Gasteiger charge is 2.11. The zero-order valence-electron chi connectivity index (χ0n) is 13.4. The molecule has 0 spiro atoms. The number of hydrogen-bond acceptors (Lipinski definition) is 3. The Bertz CT molecular complexity index is 825. The maximum Gasteiger partial charge on any atom is 0.223 e. The molecule has 23 heavy (non-hydrogen) atoms. The SMILES string of the molecule is CN(Cc1ccc2ncccc2c1)C(=O)CCc1ccnn1C. The Hall–Kier alpha value is -2.69. The largest absolute Gasteiger partial charge is 0.341 e. The number of carbonyl (C=O) groups is 1. The summed E-state index contributed by atoms with van der Waals surface area (Å²) in [4.78, 5) is 18.4. The lowest BCUT2D eigenvalue weighted by atomic mass is 10.1. The summed E-state index contributed by atoms with van der Waals surface area (Å²) in [6.45, 7) is 0.606. The molecule has 2 heterocycles. The van der Waals surface area contributed by atoms with Crippen LogP contribution in [0.1, 0.15) is 17.7 Å². The molecule has 0 saturated carbocycles. The number of pyridine rings is 1. The van der Waals surface area contributed by atoms with Crippen molar-refractivity contribution in [1.82, 2.24) is 19.7 Å². The molecule has 0 N–H and O–H groups in total. The van der Waals surface area contributed by atoms with Crippen molar-refractivity contribution in [3.63, 3.8) is 0 Å². The first-order valence-corrected chi connectivity index (χ1v) is 7.68. The van der Waals surface area contributed by atoms with Crippen LogP contribution in [0.5, 0.6) is 0 Å². The maximum atomic E-state index is 12.3. The van der Waals surface area contributed by atoms with Gasteiger partial charge in [-0.05, 0) is 36.2 Å². The highest BCUT2D eigenvalue weighted by Crippen LogP contribution is 2.15. The van der Waals surface area contributed by atoms with Crippen molar-refractivity contribution in [2.45, 2.75) is 19.4 Å². The van der Waals surface area contributed by atoms with E-state index in [4.69, 9.17) is 0 Å². The second-order valence-electron chi connectivity index (χ2n) is 5.73. The van der Waals surface area contributed by atoms with Crippen LogP contribution in [-0.4, -0.2) is 32.6 Å². The lowest BCUT2D eigenvalue weighted by molar-refractivity contribution is -0.130. The third-order valence-electron chi connectivity index (χ3n) is 4.03. The molecule has 1 amide bonds. The van der Waals surface area contributed by atoms with E-state index in [1.165, 1.54) is 0 Å². The Labute approximate surface area is 135 Å². The number of nitrogens with zero attached hydrogens (tertiary/aromatic N) is 4. The van der Waals surface area contributed by atoms with Crippen molar-refractivity contribution in [2.75, 3.05) is 7.05 Å². The standard InChI is InChI=1S/C18H20N4O/c1-21(18(23)8-6-16-9-11-20-22(16)2)13-14-5-7-17-15(12-14)4-3-10-19-17/h3-5,7,9-12H,6,8,13H2,1-2H3. The van der Waals surface area contributed by atoms with Crippen molar-refractivity contribution in [1.29, 1.82) is 0 Å². The van der Waals surface area contributed by atoms with E-state index >= 15 is 0 Å². The molecule has 118 valence electrons. The molecular formula is C18H20N4O. The molecule has 0 radical (unpaired) electrons. The van der Waals surface area contributed by atoms with Gasteiger partial charge in [0.1, 0.15) is 0 Å². The van der Waals surface area contributed by atoms with Gasteiger partial charge in [0.2, 0.25) is 5.91 Å². The molecular weight excluding hydrogens is 288 g/mol. The third kappa shape index (κ3) is 3.56. The molecule has 0 aliphatic carbocycles. The summed E-state index contributed by atoms with van der Waals surface area (Å²) in [6, 6.07) is 12.0. The Kier molecular flexibility index (Phi) is 4.37. The molecule has 3 rings (SSSR count). The first-order valence-electron chi connectivity index (χ1n) is 7.68. The monoisotopic (exact) mass is 308 g/mol. The Morgan fingerprint density at radius 3 is 2.87 bits per heavy atom.